The van der Waals surface area contributed by atoms with Crippen LogP contribution < -0.4 is 4.90 Å². The molecule has 1 N–H and O–H groups in total. The second kappa shape index (κ2) is 5.84. The Morgan fingerprint density at radius 2 is 2.16 bits per heavy atom. The van der Waals surface area contributed by atoms with Gasteiger partial charge in [-0.05, 0) is 31.4 Å². The van der Waals surface area contributed by atoms with Gasteiger partial charge < -0.3 is 14.7 Å². The Hall–Kier alpha value is -1.88. The van der Waals surface area contributed by atoms with Crippen molar-refractivity contribution in [1.29, 1.82) is 0 Å². The molecule has 19 heavy (non-hydrogen) atoms. The zero-order valence-corrected chi connectivity index (χ0v) is 10.9. The van der Waals surface area contributed by atoms with Crippen LogP contribution in [-0.4, -0.2) is 36.7 Å². The third kappa shape index (κ3) is 3.32. The second-order valence-corrected chi connectivity index (χ2v) is 4.67. The minimum absolute atomic E-state index is 0.189. The van der Waals surface area contributed by atoms with E-state index in [-0.39, 0.29) is 12.5 Å². The summed E-state index contributed by atoms with van der Waals surface area (Å²) in [7, 11) is 0. The fourth-order valence-corrected chi connectivity index (χ4v) is 2.29. The van der Waals surface area contributed by atoms with Gasteiger partial charge in [-0.25, -0.2) is 4.79 Å². The second-order valence-electron chi connectivity index (χ2n) is 4.67. The maximum absolute atomic E-state index is 12.0. The van der Waals surface area contributed by atoms with E-state index in [0.29, 0.717) is 6.54 Å². The number of hydrogen-bond donors (Lipinski definition) is 1. The van der Waals surface area contributed by atoms with Crippen LogP contribution in [-0.2, 0) is 20.7 Å². The van der Waals surface area contributed by atoms with Crippen molar-refractivity contribution in [2.24, 2.45) is 0 Å². The van der Waals surface area contributed by atoms with Crippen LogP contribution in [0.5, 0.6) is 0 Å². The fraction of sp³-hybridized carbons (Fsp3) is 0.429. The molecule has 5 heteroatoms. The highest BCUT2D eigenvalue weighted by Gasteiger charge is 2.22. The summed E-state index contributed by atoms with van der Waals surface area (Å²) < 4.78 is 4.86. The Bertz CT molecular complexity index is 498. The van der Waals surface area contributed by atoms with E-state index in [1.54, 1.807) is 4.90 Å². The molecule has 1 aliphatic heterocycles. The standard InChI is InChI=1S/C14H17NO4/c1-10-4-5-12-11(7-10)3-2-6-15(12)13(16)8-19-9-14(17)18/h4-5,7H,2-3,6,8-9H2,1H3,(H,17,18). The first kappa shape index (κ1) is 13.5. The van der Waals surface area contributed by atoms with Gasteiger partial charge in [0.15, 0.2) is 0 Å². The van der Waals surface area contributed by atoms with Crippen LogP contribution in [0.4, 0.5) is 5.69 Å². The highest BCUT2D eigenvalue weighted by atomic mass is 16.5. The van der Waals surface area contributed by atoms with E-state index in [1.807, 2.05) is 19.1 Å². The number of carboxylic acid groups (broad SMARTS) is 1. The molecule has 102 valence electrons. The molecule has 0 aromatic heterocycles. The summed E-state index contributed by atoms with van der Waals surface area (Å²) in [6.07, 6.45) is 1.89. The van der Waals surface area contributed by atoms with Crippen molar-refractivity contribution in [2.45, 2.75) is 19.8 Å². The number of fused-ring (bicyclic) bond motifs is 1. The number of benzene rings is 1. The van der Waals surface area contributed by atoms with Crippen molar-refractivity contribution in [1.82, 2.24) is 0 Å². The van der Waals surface area contributed by atoms with Crippen LogP contribution >= 0.6 is 0 Å². The number of aliphatic carboxylic acids is 1. The predicted molar refractivity (Wildman–Crippen MR) is 70.3 cm³/mol. The monoisotopic (exact) mass is 263 g/mol. The van der Waals surface area contributed by atoms with Crippen LogP contribution in [0.25, 0.3) is 0 Å². The average molecular weight is 263 g/mol. The lowest BCUT2D eigenvalue weighted by Gasteiger charge is -2.29. The van der Waals surface area contributed by atoms with E-state index in [1.165, 1.54) is 5.56 Å². The summed E-state index contributed by atoms with van der Waals surface area (Å²) in [5.41, 5.74) is 3.26. The lowest BCUT2D eigenvalue weighted by Crippen LogP contribution is -2.38. The Morgan fingerprint density at radius 1 is 1.37 bits per heavy atom. The maximum Gasteiger partial charge on any atom is 0.329 e. The van der Waals surface area contributed by atoms with Crippen LogP contribution in [0.1, 0.15) is 17.5 Å². The molecule has 1 aliphatic rings. The number of carbonyl (C=O) groups excluding carboxylic acids is 1. The number of ether oxygens (including phenoxy) is 1. The Balaban J connectivity index is 2.06. The SMILES string of the molecule is Cc1ccc2c(c1)CCCN2C(=O)COCC(=O)O. The molecular formula is C14H17NO4. The minimum atomic E-state index is -1.07. The van der Waals surface area contributed by atoms with Gasteiger partial charge in [-0.2, -0.15) is 0 Å². The number of aryl methyl sites for hydroxylation is 2. The molecule has 0 fully saturated rings. The van der Waals surface area contributed by atoms with Gasteiger partial charge in [0.05, 0.1) is 0 Å². The van der Waals surface area contributed by atoms with Gasteiger partial charge in [0.25, 0.3) is 5.91 Å². The number of amides is 1. The largest absolute Gasteiger partial charge is 0.480 e. The van der Waals surface area contributed by atoms with Crippen LogP contribution in [0, 0.1) is 6.92 Å². The third-order valence-corrected chi connectivity index (χ3v) is 3.11. The average Bonchev–Trinajstić information content (AvgIpc) is 2.37. The highest BCUT2D eigenvalue weighted by Crippen LogP contribution is 2.27. The predicted octanol–water partition coefficient (Wildman–Crippen LogP) is 1.38. The van der Waals surface area contributed by atoms with E-state index >= 15 is 0 Å². The van der Waals surface area contributed by atoms with Gasteiger partial charge in [-0.15, -0.1) is 0 Å². The molecule has 0 unspecified atom stereocenters. The smallest absolute Gasteiger partial charge is 0.329 e. The summed E-state index contributed by atoms with van der Waals surface area (Å²) in [6, 6.07) is 6.01. The zero-order chi connectivity index (χ0) is 13.8. The number of rotatable bonds is 4. The summed E-state index contributed by atoms with van der Waals surface area (Å²) in [4.78, 5) is 24.1. The maximum atomic E-state index is 12.0. The van der Waals surface area contributed by atoms with Crippen molar-refractivity contribution in [3.63, 3.8) is 0 Å². The van der Waals surface area contributed by atoms with Gasteiger partial charge in [-0.3, -0.25) is 4.79 Å². The normalized spacial score (nSPS) is 14.1. The molecule has 0 bridgehead atoms. The van der Waals surface area contributed by atoms with Gasteiger partial charge in [-0.1, -0.05) is 17.7 Å². The first-order valence-corrected chi connectivity index (χ1v) is 6.27. The molecule has 1 aromatic rings. The molecule has 5 nitrogen and oxygen atoms in total. The molecule has 2 rings (SSSR count). The van der Waals surface area contributed by atoms with Crippen molar-refractivity contribution in [3.05, 3.63) is 29.3 Å². The van der Waals surface area contributed by atoms with Crippen LogP contribution in [0.2, 0.25) is 0 Å². The topological polar surface area (TPSA) is 66.8 Å². The third-order valence-electron chi connectivity index (χ3n) is 3.11. The summed E-state index contributed by atoms with van der Waals surface area (Å²) in [6.45, 7) is 2.04. The van der Waals surface area contributed by atoms with E-state index < -0.39 is 12.6 Å². The first-order valence-electron chi connectivity index (χ1n) is 6.27. The summed E-state index contributed by atoms with van der Waals surface area (Å²) >= 11 is 0. The Morgan fingerprint density at radius 3 is 2.89 bits per heavy atom. The van der Waals surface area contributed by atoms with Crippen molar-refractivity contribution in [3.8, 4) is 0 Å². The van der Waals surface area contributed by atoms with Gasteiger partial charge in [0.2, 0.25) is 0 Å². The van der Waals surface area contributed by atoms with Gasteiger partial charge in [0, 0.05) is 12.2 Å². The van der Waals surface area contributed by atoms with Crippen molar-refractivity contribution < 1.29 is 19.4 Å². The van der Waals surface area contributed by atoms with Crippen molar-refractivity contribution in [2.75, 3.05) is 24.7 Å². The highest BCUT2D eigenvalue weighted by molar-refractivity contribution is 5.95. The lowest BCUT2D eigenvalue weighted by molar-refractivity contribution is -0.143. The van der Waals surface area contributed by atoms with Crippen LogP contribution in [0.3, 0.4) is 0 Å². The molecule has 0 spiro atoms. The van der Waals surface area contributed by atoms with E-state index in [4.69, 9.17) is 9.84 Å². The molecule has 0 saturated carbocycles. The number of anilines is 1. The van der Waals surface area contributed by atoms with E-state index in [2.05, 4.69) is 6.07 Å². The molecule has 1 aromatic carbocycles. The zero-order valence-electron chi connectivity index (χ0n) is 10.9. The molecule has 1 heterocycles. The minimum Gasteiger partial charge on any atom is -0.480 e. The summed E-state index contributed by atoms with van der Waals surface area (Å²) in [5, 5.41) is 8.48. The van der Waals surface area contributed by atoms with Crippen molar-refractivity contribution >= 4 is 17.6 Å². The van der Waals surface area contributed by atoms with Gasteiger partial charge >= 0.3 is 5.97 Å². The molecule has 0 saturated heterocycles. The number of nitrogens with zero attached hydrogens (tertiary/aromatic N) is 1. The number of hydrogen-bond acceptors (Lipinski definition) is 3. The number of carbonyl (C=O) groups is 2. The Kier molecular flexibility index (Phi) is 4.16. The first-order chi connectivity index (χ1) is 9.08. The van der Waals surface area contributed by atoms with E-state index in [9.17, 15) is 9.59 Å². The molecule has 0 atom stereocenters. The molecule has 0 radical (unpaired) electrons. The van der Waals surface area contributed by atoms with E-state index in [0.717, 1.165) is 24.1 Å². The van der Waals surface area contributed by atoms with Gasteiger partial charge in [0.1, 0.15) is 13.2 Å². The fourth-order valence-electron chi connectivity index (χ4n) is 2.29. The molecule has 0 aliphatic carbocycles. The molecular weight excluding hydrogens is 246 g/mol. The number of carboxylic acids is 1. The quantitative estimate of drug-likeness (QED) is 0.891. The lowest BCUT2D eigenvalue weighted by atomic mass is 9.99. The molecule has 1 amide bonds. The summed E-state index contributed by atoms with van der Waals surface area (Å²) in [5.74, 6) is -1.26. The Labute approximate surface area is 111 Å². The van der Waals surface area contributed by atoms with Crippen LogP contribution in [0.15, 0.2) is 18.2 Å².